The number of rotatable bonds is 5. The normalized spacial score (nSPS) is 20.4. The third-order valence-electron chi connectivity index (χ3n) is 4.77. The van der Waals surface area contributed by atoms with Crippen LogP contribution < -0.4 is 11.1 Å². The Labute approximate surface area is 162 Å². The monoisotopic (exact) mass is 398 g/mol. The number of nitrogens with zero attached hydrogens (tertiary/aromatic N) is 2. The summed E-state index contributed by atoms with van der Waals surface area (Å²) in [7, 11) is 0. The van der Waals surface area contributed by atoms with Gasteiger partial charge >= 0.3 is 0 Å². The number of hydrogen-bond donors (Lipinski definition) is 2. The highest BCUT2D eigenvalue weighted by Gasteiger charge is 2.42. The summed E-state index contributed by atoms with van der Waals surface area (Å²) in [6.07, 6.45) is 1.42. The lowest BCUT2D eigenvalue weighted by Crippen LogP contribution is -2.57. The van der Waals surface area contributed by atoms with Crippen molar-refractivity contribution in [2.24, 2.45) is 11.1 Å². The van der Waals surface area contributed by atoms with Crippen molar-refractivity contribution in [2.75, 3.05) is 52.5 Å². The van der Waals surface area contributed by atoms with E-state index in [-0.39, 0.29) is 42.7 Å². The third-order valence-corrected chi connectivity index (χ3v) is 4.77. The molecular weight excluding hydrogens is 367 g/mol. The van der Waals surface area contributed by atoms with Gasteiger partial charge in [-0.25, -0.2) is 0 Å². The van der Waals surface area contributed by atoms with Gasteiger partial charge in [-0.15, -0.1) is 24.8 Å². The largest absolute Gasteiger partial charge is 0.381 e. The molecule has 0 unspecified atom stereocenters. The molecule has 2 fully saturated rings. The number of piperazine rings is 1. The van der Waals surface area contributed by atoms with E-state index >= 15 is 0 Å². The summed E-state index contributed by atoms with van der Waals surface area (Å²) in [5.41, 5.74) is 5.47. The second-order valence-corrected chi connectivity index (χ2v) is 6.89. The maximum Gasteiger partial charge on any atom is 0.234 e. The van der Waals surface area contributed by atoms with Gasteiger partial charge in [0.25, 0.3) is 0 Å². The molecule has 0 radical (unpaired) electrons. The molecule has 0 spiro atoms. The molecule has 3 N–H and O–H groups in total. The predicted octanol–water partition coefficient (Wildman–Crippen LogP) is 0.254. The number of hydrogen-bond acceptors (Lipinski definition) is 5. The fourth-order valence-corrected chi connectivity index (χ4v) is 3.28. The van der Waals surface area contributed by atoms with E-state index in [2.05, 4.69) is 10.2 Å². The molecule has 2 aliphatic rings. The summed E-state index contributed by atoms with van der Waals surface area (Å²) in [6, 6.07) is 0.156. The van der Waals surface area contributed by atoms with Crippen molar-refractivity contribution in [1.29, 1.82) is 0 Å². The summed E-state index contributed by atoms with van der Waals surface area (Å²) < 4.78 is 5.38. The van der Waals surface area contributed by atoms with Crippen LogP contribution in [0, 0.1) is 5.41 Å². The number of amides is 2. The minimum atomic E-state index is -0.449. The lowest BCUT2D eigenvalue weighted by Gasteiger charge is -2.42. The summed E-state index contributed by atoms with van der Waals surface area (Å²) in [4.78, 5) is 28.7. The summed E-state index contributed by atoms with van der Waals surface area (Å²) in [5.74, 6) is 0.206. The van der Waals surface area contributed by atoms with Crippen LogP contribution in [0.5, 0.6) is 0 Å². The van der Waals surface area contributed by atoms with Gasteiger partial charge in [0.2, 0.25) is 11.8 Å². The van der Waals surface area contributed by atoms with E-state index in [0.717, 1.165) is 13.1 Å². The standard InChI is InChI=1S/C16H30N4O3.2ClH/c1-13(2)18-14(21)11-19-5-7-20(8-6-19)15(22)16(12-17)3-9-23-10-4-16;;/h13H,3-12,17H2,1-2H3,(H,18,21);2*1H. The Morgan fingerprint density at radius 3 is 2.16 bits per heavy atom. The van der Waals surface area contributed by atoms with Crippen LogP contribution in [0.3, 0.4) is 0 Å². The lowest BCUT2D eigenvalue weighted by atomic mass is 9.78. The molecule has 7 nitrogen and oxygen atoms in total. The molecule has 2 rings (SSSR count). The highest BCUT2D eigenvalue weighted by Crippen LogP contribution is 2.32. The Hall–Kier alpha value is -0.600. The van der Waals surface area contributed by atoms with Gasteiger partial charge < -0.3 is 20.7 Å². The van der Waals surface area contributed by atoms with Crippen molar-refractivity contribution in [2.45, 2.75) is 32.7 Å². The zero-order valence-electron chi connectivity index (χ0n) is 15.2. The first-order valence-electron chi connectivity index (χ1n) is 8.56. The highest BCUT2D eigenvalue weighted by atomic mass is 35.5. The van der Waals surface area contributed by atoms with Gasteiger partial charge in [0.1, 0.15) is 0 Å². The average Bonchev–Trinajstić information content (AvgIpc) is 2.54. The minimum absolute atomic E-state index is 0. The molecule has 148 valence electrons. The number of ether oxygens (including phenoxy) is 1. The SMILES string of the molecule is CC(C)NC(=O)CN1CCN(C(=O)C2(CN)CCOCC2)CC1.Cl.Cl. The molecular formula is C16H32Cl2N4O3. The molecule has 2 amide bonds. The number of nitrogens with two attached hydrogens (primary N) is 1. The van der Waals surface area contributed by atoms with Crippen LogP contribution in [-0.4, -0.2) is 80.1 Å². The van der Waals surface area contributed by atoms with Gasteiger partial charge in [-0.05, 0) is 26.7 Å². The van der Waals surface area contributed by atoms with E-state index in [1.165, 1.54) is 0 Å². The molecule has 0 atom stereocenters. The smallest absolute Gasteiger partial charge is 0.234 e. The van der Waals surface area contributed by atoms with E-state index in [4.69, 9.17) is 10.5 Å². The molecule has 0 aromatic heterocycles. The molecule has 25 heavy (non-hydrogen) atoms. The number of nitrogens with one attached hydrogen (secondary N) is 1. The zero-order valence-corrected chi connectivity index (χ0v) is 16.8. The molecule has 2 aliphatic heterocycles. The van der Waals surface area contributed by atoms with Crippen molar-refractivity contribution in [3.8, 4) is 0 Å². The van der Waals surface area contributed by atoms with Crippen LogP contribution in [0.2, 0.25) is 0 Å². The topological polar surface area (TPSA) is 87.9 Å². The highest BCUT2D eigenvalue weighted by molar-refractivity contribution is 5.85. The van der Waals surface area contributed by atoms with Crippen LogP contribution >= 0.6 is 24.8 Å². The van der Waals surface area contributed by atoms with Gasteiger partial charge in [-0.2, -0.15) is 0 Å². The molecule has 0 aliphatic carbocycles. The van der Waals surface area contributed by atoms with Gasteiger partial charge in [-0.3, -0.25) is 14.5 Å². The van der Waals surface area contributed by atoms with Crippen LogP contribution in [0.1, 0.15) is 26.7 Å². The molecule has 2 heterocycles. The first kappa shape index (κ1) is 24.4. The van der Waals surface area contributed by atoms with Crippen molar-refractivity contribution < 1.29 is 14.3 Å². The maximum atomic E-state index is 12.9. The van der Waals surface area contributed by atoms with E-state index in [1.807, 2.05) is 18.7 Å². The maximum absolute atomic E-state index is 12.9. The Kier molecular flexibility index (Phi) is 10.9. The van der Waals surface area contributed by atoms with Crippen LogP contribution in [0.4, 0.5) is 0 Å². The molecule has 0 aromatic rings. The average molecular weight is 399 g/mol. The summed E-state index contributed by atoms with van der Waals surface area (Å²) >= 11 is 0. The zero-order chi connectivity index (χ0) is 16.9. The molecule has 9 heteroatoms. The van der Waals surface area contributed by atoms with Crippen molar-refractivity contribution in [1.82, 2.24) is 15.1 Å². The second-order valence-electron chi connectivity index (χ2n) is 6.89. The fraction of sp³-hybridized carbons (Fsp3) is 0.875. The second kappa shape index (κ2) is 11.2. The molecule has 0 aromatic carbocycles. The van der Waals surface area contributed by atoms with Crippen molar-refractivity contribution >= 4 is 36.6 Å². The Bertz CT molecular complexity index is 424. The summed E-state index contributed by atoms with van der Waals surface area (Å²) in [5, 5.41) is 2.90. The Morgan fingerprint density at radius 1 is 1.12 bits per heavy atom. The molecule has 0 saturated carbocycles. The van der Waals surface area contributed by atoms with Gasteiger partial charge in [0.15, 0.2) is 0 Å². The van der Waals surface area contributed by atoms with E-state index < -0.39 is 5.41 Å². The van der Waals surface area contributed by atoms with Crippen LogP contribution in [0.25, 0.3) is 0 Å². The third kappa shape index (κ3) is 6.57. The lowest BCUT2D eigenvalue weighted by molar-refractivity contribution is -0.149. The minimum Gasteiger partial charge on any atom is -0.381 e. The first-order valence-corrected chi connectivity index (χ1v) is 8.56. The summed E-state index contributed by atoms with van der Waals surface area (Å²) in [6.45, 7) is 8.69. The number of halogens is 2. The Morgan fingerprint density at radius 2 is 1.68 bits per heavy atom. The quantitative estimate of drug-likeness (QED) is 0.692. The predicted molar refractivity (Wildman–Crippen MR) is 102 cm³/mol. The van der Waals surface area contributed by atoms with Crippen LogP contribution in [0.15, 0.2) is 0 Å². The van der Waals surface area contributed by atoms with Gasteiger partial charge in [0.05, 0.1) is 12.0 Å². The van der Waals surface area contributed by atoms with Gasteiger partial charge in [0, 0.05) is 52.0 Å². The Balaban J connectivity index is 0.00000288. The first-order chi connectivity index (χ1) is 11.0. The molecule has 0 bridgehead atoms. The number of carbonyl (C=O) groups excluding carboxylic acids is 2. The number of carbonyl (C=O) groups is 2. The fourth-order valence-electron chi connectivity index (χ4n) is 3.28. The van der Waals surface area contributed by atoms with E-state index in [9.17, 15) is 9.59 Å². The van der Waals surface area contributed by atoms with Crippen LogP contribution in [-0.2, 0) is 14.3 Å². The van der Waals surface area contributed by atoms with Gasteiger partial charge in [-0.1, -0.05) is 0 Å². The van der Waals surface area contributed by atoms with Crippen molar-refractivity contribution in [3.05, 3.63) is 0 Å². The van der Waals surface area contributed by atoms with E-state index in [1.54, 1.807) is 0 Å². The van der Waals surface area contributed by atoms with E-state index in [0.29, 0.717) is 52.2 Å². The van der Waals surface area contributed by atoms with Crippen molar-refractivity contribution in [3.63, 3.8) is 0 Å². The molecule has 2 saturated heterocycles.